The predicted octanol–water partition coefficient (Wildman–Crippen LogP) is 16.5. The quantitative estimate of drug-likeness (QED) is 0.0261. The molecule has 1 aliphatic rings. The third-order valence-corrected chi connectivity index (χ3v) is 15.2. The number of aliphatic hydroxyl groups excluding tert-OH is 5. The van der Waals surface area contributed by atoms with Crippen molar-refractivity contribution in [3.63, 3.8) is 0 Å². The molecule has 9 heteroatoms. The largest absolute Gasteiger partial charge is 0.394 e. The Morgan fingerprint density at radius 1 is 0.473 bits per heavy atom. The highest BCUT2D eigenvalue weighted by Gasteiger charge is 2.44. The van der Waals surface area contributed by atoms with Gasteiger partial charge in [-0.2, -0.15) is 0 Å². The Morgan fingerprint density at radius 2 is 0.838 bits per heavy atom. The molecule has 6 N–H and O–H groups in total. The van der Waals surface area contributed by atoms with Crippen molar-refractivity contribution in [2.75, 3.05) is 13.2 Å². The number of hydrogen-bond acceptors (Lipinski definition) is 8. The molecule has 1 aliphatic heterocycles. The molecule has 0 aromatic carbocycles. The minimum Gasteiger partial charge on any atom is -0.394 e. The fraction of sp³-hybridized carbons (Fsp3) is 0.862. The molecule has 1 amide bonds. The number of hydrogen-bond donors (Lipinski definition) is 6. The molecule has 7 atom stereocenters. The topological polar surface area (TPSA) is 149 Å². The van der Waals surface area contributed by atoms with Gasteiger partial charge >= 0.3 is 0 Å². The Hall–Kier alpha value is -1.85. The zero-order chi connectivity index (χ0) is 53.6. The van der Waals surface area contributed by atoms with Gasteiger partial charge in [-0.15, -0.1) is 0 Å². The number of rotatable bonds is 55. The summed E-state index contributed by atoms with van der Waals surface area (Å²) in [5.74, 6) is -0.144. The second-order valence-electron chi connectivity index (χ2n) is 22.2. The third-order valence-electron chi connectivity index (χ3n) is 15.2. The van der Waals surface area contributed by atoms with Crippen molar-refractivity contribution in [2.45, 2.75) is 346 Å². The molecule has 9 nitrogen and oxygen atoms in total. The first-order valence-electron chi connectivity index (χ1n) is 31.8. The molecule has 0 bridgehead atoms. The summed E-state index contributed by atoms with van der Waals surface area (Å²) in [6.07, 6.45) is 65.8. The lowest BCUT2D eigenvalue weighted by molar-refractivity contribution is -0.302. The first-order chi connectivity index (χ1) is 36.3. The van der Waals surface area contributed by atoms with E-state index >= 15 is 0 Å². The van der Waals surface area contributed by atoms with Gasteiger partial charge in [-0.25, -0.2) is 0 Å². The van der Waals surface area contributed by atoms with Gasteiger partial charge < -0.3 is 40.3 Å². The lowest BCUT2D eigenvalue weighted by Crippen LogP contribution is -2.60. The van der Waals surface area contributed by atoms with Gasteiger partial charge in [-0.05, 0) is 51.4 Å². The summed E-state index contributed by atoms with van der Waals surface area (Å²) in [5.41, 5.74) is 0. The normalized spacial score (nSPS) is 19.3. The molecule has 1 rings (SSSR count). The maximum absolute atomic E-state index is 13.1. The van der Waals surface area contributed by atoms with Gasteiger partial charge in [0, 0.05) is 6.42 Å². The van der Waals surface area contributed by atoms with Crippen LogP contribution in [0, 0.1) is 0 Å². The van der Waals surface area contributed by atoms with Crippen molar-refractivity contribution >= 4 is 5.91 Å². The molecule has 434 valence electrons. The molecule has 1 heterocycles. The summed E-state index contributed by atoms with van der Waals surface area (Å²) in [6, 6.07) is -0.723. The van der Waals surface area contributed by atoms with Crippen molar-refractivity contribution in [2.24, 2.45) is 0 Å². The first kappa shape index (κ1) is 70.2. The van der Waals surface area contributed by atoms with Crippen molar-refractivity contribution < 1.29 is 39.8 Å². The van der Waals surface area contributed by atoms with Gasteiger partial charge in [0.2, 0.25) is 5.91 Å². The van der Waals surface area contributed by atoms with Crippen LogP contribution in [0.4, 0.5) is 0 Å². The van der Waals surface area contributed by atoms with Gasteiger partial charge in [0.25, 0.3) is 0 Å². The number of allylic oxidation sites excluding steroid dienone is 8. The first-order valence-corrected chi connectivity index (χ1v) is 31.8. The standard InChI is InChI=1S/C65H121NO8/c1-3-5-7-9-11-13-15-17-19-21-23-25-27-29-31-32-34-36-38-40-42-44-46-48-50-52-54-59(68)58(57-73-65-64(72)63(71)62(70)60(56-67)74-65)66-61(69)55-53-51-49-47-45-43-41-39-37-35-33-30-28-26-24-22-20-18-16-14-12-10-8-6-4-2/h6,8,12,14,18,20,24,26,58-60,62-65,67-68,70-72H,3-5,7,9-11,13,15-17,19,21-23,25,27-57H2,1-2H3,(H,66,69)/b8-6-,14-12-,20-18-,26-24-. The fourth-order valence-electron chi connectivity index (χ4n) is 10.2. The summed E-state index contributed by atoms with van der Waals surface area (Å²) >= 11 is 0. The average Bonchev–Trinajstić information content (AvgIpc) is 3.40. The molecule has 0 aromatic rings. The van der Waals surface area contributed by atoms with E-state index in [0.717, 1.165) is 64.2 Å². The number of unbranched alkanes of at least 4 members (excludes halogenated alkanes) is 37. The van der Waals surface area contributed by atoms with Crippen LogP contribution in [-0.4, -0.2) is 87.5 Å². The molecule has 7 unspecified atom stereocenters. The number of carbonyl (C=O) groups is 1. The second-order valence-corrected chi connectivity index (χ2v) is 22.2. The lowest BCUT2D eigenvalue weighted by Gasteiger charge is -2.40. The number of nitrogens with one attached hydrogen (secondary N) is 1. The van der Waals surface area contributed by atoms with Crippen LogP contribution in [0.15, 0.2) is 48.6 Å². The molecule has 1 saturated heterocycles. The van der Waals surface area contributed by atoms with Gasteiger partial charge in [0.15, 0.2) is 6.29 Å². The Balaban J connectivity index is 2.16. The van der Waals surface area contributed by atoms with E-state index in [2.05, 4.69) is 67.8 Å². The Morgan fingerprint density at radius 3 is 1.24 bits per heavy atom. The highest BCUT2D eigenvalue weighted by atomic mass is 16.7. The van der Waals surface area contributed by atoms with Crippen LogP contribution >= 0.6 is 0 Å². The fourth-order valence-corrected chi connectivity index (χ4v) is 10.2. The molecule has 0 spiro atoms. The minimum absolute atomic E-state index is 0.138. The van der Waals surface area contributed by atoms with Crippen molar-refractivity contribution in [1.82, 2.24) is 5.32 Å². The minimum atomic E-state index is -1.56. The predicted molar refractivity (Wildman–Crippen MR) is 313 cm³/mol. The van der Waals surface area contributed by atoms with Gasteiger partial charge in [0.1, 0.15) is 24.4 Å². The number of aliphatic hydroxyl groups is 5. The molecule has 0 saturated carbocycles. The summed E-state index contributed by atoms with van der Waals surface area (Å²) in [6.45, 7) is 3.76. The van der Waals surface area contributed by atoms with E-state index in [0.29, 0.717) is 12.8 Å². The van der Waals surface area contributed by atoms with Crippen LogP contribution in [-0.2, 0) is 14.3 Å². The van der Waals surface area contributed by atoms with Gasteiger partial charge in [-0.3, -0.25) is 4.79 Å². The lowest BCUT2D eigenvalue weighted by atomic mass is 9.99. The Labute approximate surface area is 456 Å². The molecule has 74 heavy (non-hydrogen) atoms. The highest BCUT2D eigenvalue weighted by molar-refractivity contribution is 5.76. The summed E-state index contributed by atoms with van der Waals surface area (Å²) < 4.78 is 11.3. The smallest absolute Gasteiger partial charge is 0.220 e. The van der Waals surface area contributed by atoms with E-state index in [1.807, 2.05) is 0 Å². The zero-order valence-electron chi connectivity index (χ0n) is 48.4. The average molecular weight is 1040 g/mol. The van der Waals surface area contributed by atoms with Gasteiger partial charge in [-0.1, -0.05) is 294 Å². The molecular formula is C65H121NO8. The van der Waals surface area contributed by atoms with Crippen molar-refractivity contribution in [3.05, 3.63) is 48.6 Å². The molecule has 0 radical (unpaired) electrons. The van der Waals surface area contributed by atoms with Crippen LogP contribution in [0.5, 0.6) is 0 Å². The van der Waals surface area contributed by atoms with Crippen LogP contribution in [0.25, 0.3) is 0 Å². The molecule has 0 aliphatic carbocycles. The van der Waals surface area contributed by atoms with Crippen molar-refractivity contribution in [3.8, 4) is 0 Å². The zero-order valence-corrected chi connectivity index (χ0v) is 48.4. The number of carbonyl (C=O) groups excluding carboxylic acids is 1. The summed E-state index contributed by atoms with van der Waals surface area (Å²) in [5, 5.41) is 54.8. The molecule has 0 aromatic heterocycles. The van der Waals surface area contributed by atoms with E-state index in [-0.39, 0.29) is 12.5 Å². The van der Waals surface area contributed by atoms with Crippen LogP contribution in [0.1, 0.15) is 303 Å². The van der Waals surface area contributed by atoms with Crippen LogP contribution in [0.2, 0.25) is 0 Å². The van der Waals surface area contributed by atoms with E-state index in [1.165, 1.54) is 212 Å². The maximum atomic E-state index is 13.1. The Bertz CT molecular complexity index is 1300. The van der Waals surface area contributed by atoms with E-state index in [4.69, 9.17) is 9.47 Å². The third kappa shape index (κ3) is 43.2. The molecule has 1 fully saturated rings. The Kier molecular flexibility index (Phi) is 51.7. The monoisotopic (exact) mass is 1040 g/mol. The van der Waals surface area contributed by atoms with E-state index < -0.39 is 49.5 Å². The van der Waals surface area contributed by atoms with Crippen LogP contribution < -0.4 is 5.32 Å². The highest BCUT2D eigenvalue weighted by Crippen LogP contribution is 2.23. The van der Waals surface area contributed by atoms with E-state index in [9.17, 15) is 30.3 Å². The summed E-state index contributed by atoms with van der Waals surface area (Å²) in [7, 11) is 0. The van der Waals surface area contributed by atoms with Gasteiger partial charge in [0.05, 0.1) is 25.4 Å². The van der Waals surface area contributed by atoms with E-state index in [1.54, 1.807) is 0 Å². The number of ether oxygens (including phenoxy) is 2. The summed E-state index contributed by atoms with van der Waals surface area (Å²) in [4.78, 5) is 13.1. The van der Waals surface area contributed by atoms with Crippen LogP contribution in [0.3, 0.4) is 0 Å². The molecular weight excluding hydrogens is 923 g/mol. The SMILES string of the molecule is CC/C=C\C/C=C\C/C=C\C/C=C\CCCCCCCCCCCCCCC(=O)NC(COC1OC(CO)C(O)C(O)C1O)C(O)CCCCCCCCCCCCCCCCCCCCCCCCCCCC. The second kappa shape index (κ2) is 54.5. The van der Waals surface area contributed by atoms with Crippen molar-refractivity contribution in [1.29, 1.82) is 0 Å². The maximum Gasteiger partial charge on any atom is 0.220 e. The number of amides is 1.